The highest BCUT2D eigenvalue weighted by molar-refractivity contribution is 6.12. The van der Waals surface area contributed by atoms with Gasteiger partial charge in [-0.1, -0.05) is 30.3 Å². The molecule has 2 aromatic carbocycles. The Labute approximate surface area is 151 Å². The van der Waals surface area contributed by atoms with Gasteiger partial charge in [-0.2, -0.15) is 4.57 Å². The summed E-state index contributed by atoms with van der Waals surface area (Å²) < 4.78 is 31.3. The second-order valence-corrected chi connectivity index (χ2v) is 6.28. The van der Waals surface area contributed by atoms with Gasteiger partial charge >= 0.3 is 0 Å². The van der Waals surface area contributed by atoms with Gasteiger partial charge in [-0.3, -0.25) is 0 Å². The topological polar surface area (TPSA) is 21.4 Å². The van der Waals surface area contributed by atoms with Crippen LogP contribution in [-0.2, 0) is 7.05 Å². The van der Waals surface area contributed by atoms with E-state index in [1.165, 1.54) is 0 Å². The normalized spacial score (nSPS) is 13.4. The fraction of sp³-hybridized carbons (Fsp3) is 0.182. The fourth-order valence-corrected chi connectivity index (χ4v) is 3.36. The number of hydrogen-bond acceptors (Lipinski definition) is 1. The van der Waals surface area contributed by atoms with Crippen LogP contribution in [0.3, 0.4) is 0 Å². The molecular formula is C22H19N2O+. The molecule has 0 atom stereocenters. The van der Waals surface area contributed by atoms with E-state index in [2.05, 4.69) is 4.85 Å². The minimum atomic E-state index is -2.16. The molecule has 0 amide bonds. The second-order valence-electron chi connectivity index (χ2n) is 6.28. The Bertz CT molecular complexity index is 1290. The van der Waals surface area contributed by atoms with Gasteiger partial charge in [-0.25, -0.2) is 4.85 Å². The van der Waals surface area contributed by atoms with Crippen LogP contribution in [0.5, 0.6) is 0 Å². The molecule has 4 aromatic rings. The molecular weight excluding hydrogens is 308 g/mol. The Balaban J connectivity index is 2.09. The van der Waals surface area contributed by atoms with Crippen LogP contribution in [0.1, 0.15) is 20.9 Å². The first-order valence-corrected chi connectivity index (χ1v) is 8.07. The first-order chi connectivity index (χ1) is 13.2. The zero-order chi connectivity index (χ0) is 20.2. The van der Waals surface area contributed by atoms with Crippen LogP contribution in [-0.4, -0.2) is 0 Å². The molecule has 0 aliphatic heterocycles. The number of furan rings is 1. The van der Waals surface area contributed by atoms with Gasteiger partial charge in [0, 0.05) is 33.4 Å². The molecule has 3 heteroatoms. The number of aromatic nitrogens is 1. The number of hydrogen-bond donors (Lipinski definition) is 0. The molecule has 0 saturated carbocycles. The molecule has 3 nitrogen and oxygen atoms in total. The molecule has 0 bridgehead atoms. The molecule has 0 aliphatic rings. The van der Waals surface area contributed by atoms with E-state index in [-0.39, 0.29) is 0 Å². The van der Waals surface area contributed by atoms with Crippen LogP contribution in [0.25, 0.3) is 38.0 Å². The Hall–Kier alpha value is -3.12. The molecule has 0 spiro atoms. The maximum absolute atomic E-state index is 7.75. The van der Waals surface area contributed by atoms with Gasteiger partial charge < -0.3 is 4.42 Å². The standard InChI is InChI=1S/C22H19N2O/c1-13-10-12-19(24(5)15(13)3)20-14(2)9-11-17-16-7-6-8-18(23-4)21(16)25-22(17)20/h6-12H,1-3,5H3/q+1/i1D3. The summed E-state index contributed by atoms with van der Waals surface area (Å²) in [6.45, 7) is 9.07. The summed E-state index contributed by atoms with van der Waals surface area (Å²) in [5, 5.41) is 1.85. The van der Waals surface area contributed by atoms with Crippen LogP contribution >= 0.6 is 0 Å². The van der Waals surface area contributed by atoms with E-state index in [9.17, 15) is 0 Å². The number of aryl methyl sites for hydroxylation is 2. The van der Waals surface area contributed by atoms with Crippen molar-refractivity contribution >= 4 is 27.6 Å². The summed E-state index contributed by atoms with van der Waals surface area (Å²) >= 11 is 0. The van der Waals surface area contributed by atoms with Crippen LogP contribution in [0, 0.1) is 27.3 Å². The van der Waals surface area contributed by atoms with Gasteiger partial charge in [0.25, 0.3) is 0 Å². The molecule has 0 fully saturated rings. The average molecular weight is 330 g/mol. The zero-order valence-corrected chi connectivity index (χ0v) is 14.3. The average Bonchev–Trinajstić information content (AvgIpc) is 3.02. The summed E-state index contributed by atoms with van der Waals surface area (Å²) in [5.74, 6) is 0. The molecule has 4 rings (SSSR count). The number of para-hydroxylation sites is 1. The van der Waals surface area contributed by atoms with Crippen molar-refractivity contribution in [2.75, 3.05) is 0 Å². The molecule has 0 radical (unpaired) electrons. The van der Waals surface area contributed by atoms with Gasteiger partial charge in [-0.15, -0.1) is 0 Å². The lowest BCUT2D eigenvalue weighted by atomic mass is 9.99. The van der Waals surface area contributed by atoms with Gasteiger partial charge in [0.2, 0.25) is 11.4 Å². The molecule has 2 heterocycles. The maximum atomic E-state index is 7.75. The van der Waals surface area contributed by atoms with Gasteiger partial charge in [0.15, 0.2) is 5.69 Å². The summed E-state index contributed by atoms with van der Waals surface area (Å²) in [4.78, 5) is 3.58. The van der Waals surface area contributed by atoms with Crippen LogP contribution in [0.4, 0.5) is 5.69 Å². The summed E-state index contributed by atoms with van der Waals surface area (Å²) in [6.07, 6.45) is 0. The Kier molecular flexibility index (Phi) is 2.68. The summed E-state index contributed by atoms with van der Waals surface area (Å²) in [5.41, 5.74) is 5.60. The number of fused-ring (bicyclic) bond motifs is 3. The molecule has 2 aromatic heterocycles. The van der Waals surface area contributed by atoms with Crippen LogP contribution in [0.15, 0.2) is 46.9 Å². The second kappa shape index (κ2) is 5.46. The highest BCUT2D eigenvalue weighted by atomic mass is 16.3. The summed E-state index contributed by atoms with van der Waals surface area (Å²) in [6, 6.07) is 13.1. The largest absolute Gasteiger partial charge is 0.466 e. The van der Waals surface area contributed by atoms with E-state index in [4.69, 9.17) is 15.1 Å². The minimum Gasteiger partial charge on any atom is -0.466 e. The van der Waals surface area contributed by atoms with Crippen molar-refractivity contribution in [2.24, 2.45) is 7.05 Å². The van der Waals surface area contributed by atoms with Crippen LogP contribution in [0.2, 0.25) is 0 Å². The summed E-state index contributed by atoms with van der Waals surface area (Å²) in [7, 11) is 1.87. The lowest BCUT2D eigenvalue weighted by molar-refractivity contribution is -0.667. The number of pyridine rings is 1. The monoisotopic (exact) mass is 330 g/mol. The highest BCUT2D eigenvalue weighted by Crippen LogP contribution is 2.40. The Morgan fingerprint density at radius 1 is 1.00 bits per heavy atom. The first kappa shape index (κ1) is 12.3. The molecule has 0 unspecified atom stereocenters. The molecule has 0 N–H and O–H groups in total. The maximum Gasteiger partial charge on any atom is 0.229 e. The van der Waals surface area contributed by atoms with Gasteiger partial charge in [0.1, 0.15) is 18.2 Å². The Morgan fingerprint density at radius 2 is 1.76 bits per heavy atom. The van der Waals surface area contributed by atoms with Crippen LogP contribution < -0.4 is 4.57 Å². The lowest BCUT2D eigenvalue weighted by Crippen LogP contribution is -2.35. The predicted molar refractivity (Wildman–Crippen MR) is 101 cm³/mol. The SMILES string of the molecule is [2H]C([2H])([2H])c1ccc(-c2c(C)ccc3c2oc2c([N+]#[C-])cccc23)[n+](C)c1C. The predicted octanol–water partition coefficient (Wildman–Crippen LogP) is 5.55. The highest BCUT2D eigenvalue weighted by Gasteiger charge is 2.22. The van der Waals surface area contributed by atoms with Crippen molar-refractivity contribution in [3.8, 4) is 11.3 Å². The van der Waals surface area contributed by atoms with Crippen molar-refractivity contribution in [3.63, 3.8) is 0 Å². The van der Waals surface area contributed by atoms with E-state index in [0.717, 1.165) is 27.6 Å². The third-order valence-corrected chi connectivity index (χ3v) is 4.89. The van der Waals surface area contributed by atoms with Crippen molar-refractivity contribution < 1.29 is 13.1 Å². The quantitative estimate of drug-likeness (QED) is 0.331. The number of benzene rings is 2. The number of rotatable bonds is 1. The van der Waals surface area contributed by atoms with Gasteiger partial charge in [0.05, 0.1) is 12.1 Å². The number of nitrogens with zero attached hydrogens (tertiary/aromatic N) is 2. The van der Waals surface area contributed by atoms with E-state index in [0.29, 0.717) is 28.1 Å². The van der Waals surface area contributed by atoms with Gasteiger partial charge in [-0.05, 0) is 25.4 Å². The van der Waals surface area contributed by atoms with Crippen molar-refractivity contribution in [1.82, 2.24) is 0 Å². The Morgan fingerprint density at radius 3 is 2.52 bits per heavy atom. The fourth-order valence-electron chi connectivity index (χ4n) is 3.36. The van der Waals surface area contributed by atoms with Crippen molar-refractivity contribution in [3.05, 3.63) is 70.7 Å². The zero-order valence-electron chi connectivity index (χ0n) is 17.3. The van der Waals surface area contributed by atoms with E-state index < -0.39 is 6.85 Å². The first-order valence-electron chi connectivity index (χ1n) is 9.57. The third-order valence-electron chi connectivity index (χ3n) is 4.89. The molecule has 25 heavy (non-hydrogen) atoms. The van der Waals surface area contributed by atoms with E-state index in [1.54, 1.807) is 12.1 Å². The smallest absolute Gasteiger partial charge is 0.229 e. The van der Waals surface area contributed by atoms with Crippen molar-refractivity contribution in [1.29, 1.82) is 0 Å². The molecule has 122 valence electrons. The van der Waals surface area contributed by atoms with Crippen molar-refractivity contribution in [2.45, 2.75) is 20.7 Å². The van der Waals surface area contributed by atoms with E-state index >= 15 is 0 Å². The third kappa shape index (κ3) is 2.15. The molecule has 0 aliphatic carbocycles. The minimum absolute atomic E-state index is 0.337. The van der Waals surface area contributed by atoms with E-state index in [1.807, 2.05) is 55.8 Å². The molecule has 0 saturated heterocycles. The lowest BCUT2D eigenvalue weighted by Gasteiger charge is -2.08.